The predicted molar refractivity (Wildman–Crippen MR) is 139 cm³/mol. The molecule has 0 radical (unpaired) electrons. The van der Waals surface area contributed by atoms with Crippen LogP contribution in [0.4, 0.5) is 15.1 Å². The Balaban J connectivity index is 1.42. The second-order valence-corrected chi connectivity index (χ2v) is 9.84. The molecule has 0 fully saturated rings. The van der Waals surface area contributed by atoms with Gasteiger partial charge in [0.2, 0.25) is 5.91 Å². The van der Waals surface area contributed by atoms with Gasteiger partial charge in [0.05, 0.1) is 16.4 Å². The molecule has 2 amide bonds. The van der Waals surface area contributed by atoms with Gasteiger partial charge in [0, 0.05) is 21.5 Å². The van der Waals surface area contributed by atoms with Crippen molar-refractivity contribution in [1.82, 2.24) is 0 Å². The number of amides is 2. The number of benzene rings is 3. The minimum Gasteiger partial charge on any atom is -0.322 e. The molecule has 1 atom stereocenters. The summed E-state index contributed by atoms with van der Waals surface area (Å²) in [6.07, 6.45) is 0. The van der Waals surface area contributed by atoms with Crippen LogP contribution in [0.25, 0.3) is 11.1 Å². The van der Waals surface area contributed by atoms with Crippen molar-refractivity contribution in [3.05, 3.63) is 101 Å². The van der Waals surface area contributed by atoms with E-state index in [4.69, 9.17) is 0 Å². The van der Waals surface area contributed by atoms with Crippen molar-refractivity contribution in [2.45, 2.75) is 17.1 Å². The van der Waals surface area contributed by atoms with Crippen LogP contribution in [0.5, 0.6) is 0 Å². The van der Waals surface area contributed by atoms with E-state index in [0.717, 1.165) is 16.0 Å². The fourth-order valence-corrected chi connectivity index (χ4v) is 5.20. The highest BCUT2D eigenvalue weighted by Crippen LogP contribution is 2.35. The summed E-state index contributed by atoms with van der Waals surface area (Å²) in [6, 6.07) is 24.5. The molecule has 0 spiro atoms. The van der Waals surface area contributed by atoms with Gasteiger partial charge in [0.25, 0.3) is 5.91 Å². The third-order valence-electron chi connectivity index (χ3n) is 5.12. The summed E-state index contributed by atoms with van der Waals surface area (Å²) in [5.74, 6) is -1.39. The standard InChI is InChI=1S/C27H20FN3O2S2/c1-17(25(32)31-27-22(15-29)23(16-34-27)18-8-3-2-4-9-18)35-20-11-7-10-19(14-20)30-26(33)21-12-5-6-13-24(21)28/h2-14,16-17H,1H3,(H,30,33)(H,31,32). The van der Waals surface area contributed by atoms with Crippen molar-refractivity contribution in [2.75, 3.05) is 10.6 Å². The molecule has 0 aliphatic rings. The Morgan fingerprint density at radius 3 is 2.49 bits per heavy atom. The minimum absolute atomic E-state index is 0.0441. The smallest absolute Gasteiger partial charge is 0.258 e. The average Bonchev–Trinajstić information content (AvgIpc) is 3.27. The largest absolute Gasteiger partial charge is 0.322 e. The fourth-order valence-electron chi connectivity index (χ4n) is 3.35. The van der Waals surface area contributed by atoms with Crippen LogP contribution in [0.3, 0.4) is 0 Å². The van der Waals surface area contributed by atoms with E-state index in [-0.39, 0.29) is 11.5 Å². The monoisotopic (exact) mass is 501 g/mol. The van der Waals surface area contributed by atoms with E-state index in [2.05, 4.69) is 16.7 Å². The first kappa shape index (κ1) is 24.2. The van der Waals surface area contributed by atoms with Crippen LogP contribution in [0.15, 0.2) is 89.1 Å². The lowest BCUT2D eigenvalue weighted by Gasteiger charge is -2.13. The van der Waals surface area contributed by atoms with Crippen LogP contribution < -0.4 is 10.6 Å². The molecule has 0 saturated carbocycles. The molecule has 4 aromatic rings. The van der Waals surface area contributed by atoms with Crippen LogP contribution in [-0.4, -0.2) is 17.1 Å². The zero-order valence-corrected chi connectivity index (χ0v) is 20.3. The lowest BCUT2D eigenvalue weighted by molar-refractivity contribution is -0.115. The Labute approximate surface area is 210 Å². The van der Waals surface area contributed by atoms with Crippen molar-refractivity contribution in [1.29, 1.82) is 5.26 Å². The topological polar surface area (TPSA) is 82.0 Å². The molecule has 4 rings (SSSR count). The average molecular weight is 502 g/mol. The number of hydrogen-bond donors (Lipinski definition) is 2. The number of thiophene rings is 1. The van der Waals surface area contributed by atoms with Crippen LogP contribution in [-0.2, 0) is 4.79 Å². The Kier molecular flexibility index (Phi) is 7.60. The first-order chi connectivity index (χ1) is 17.0. The van der Waals surface area contributed by atoms with Gasteiger partial charge in [-0.15, -0.1) is 23.1 Å². The quantitative estimate of drug-likeness (QED) is 0.273. The maximum atomic E-state index is 13.9. The zero-order chi connectivity index (χ0) is 24.8. The molecule has 0 aliphatic carbocycles. The zero-order valence-electron chi connectivity index (χ0n) is 18.6. The Morgan fingerprint density at radius 2 is 1.74 bits per heavy atom. The Hall–Kier alpha value is -3.93. The molecule has 2 N–H and O–H groups in total. The molecule has 1 heterocycles. The van der Waals surface area contributed by atoms with Gasteiger partial charge in [-0.25, -0.2) is 4.39 Å². The van der Waals surface area contributed by atoms with E-state index >= 15 is 0 Å². The summed E-state index contributed by atoms with van der Waals surface area (Å²) < 4.78 is 13.9. The van der Waals surface area contributed by atoms with Gasteiger partial charge >= 0.3 is 0 Å². The molecule has 0 bridgehead atoms. The number of anilines is 2. The van der Waals surface area contributed by atoms with Crippen molar-refractivity contribution in [3.63, 3.8) is 0 Å². The molecule has 0 aliphatic heterocycles. The van der Waals surface area contributed by atoms with Crippen molar-refractivity contribution < 1.29 is 14.0 Å². The maximum absolute atomic E-state index is 13.9. The van der Waals surface area contributed by atoms with Crippen molar-refractivity contribution in [2.24, 2.45) is 0 Å². The summed E-state index contributed by atoms with van der Waals surface area (Å²) in [7, 11) is 0. The van der Waals surface area contributed by atoms with Gasteiger partial charge in [-0.1, -0.05) is 48.5 Å². The number of halogens is 1. The van der Waals surface area contributed by atoms with Gasteiger partial charge in [0.15, 0.2) is 0 Å². The second-order valence-electron chi connectivity index (χ2n) is 7.54. The molecule has 0 saturated heterocycles. The highest BCUT2D eigenvalue weighted by molar-refractivity contribution is 8.00. The van der Waals surface area contributed by atoms with E-state index in [1.165, 1.54) is 41.3 Å². The normalized spacial score (nSPS) is 11.3. The highest BCUT2D eigenvalue weighted by atomic mass is 32.2. The Morgan fingerprint density at radius 1 is 1.00 bits per heavy atom. The van der Waals surface area contributed by atoms with Gasteiger partial charge in [-0.2, -0.15) is 5.26 Å². The summed E-state index contributed by atoms with van der Waals surface area (Å²) in [6.45, 7) is 1.77. The summed E-state index contributed by atoms with van der Waals surface area (Å²) in [4.78, 5) is 26.0. The molecule has 3 aromatic carbocycles. The second kappa shape index (κ2) is 11.0. The SMILES string of the molecule is CC(Sc1cccc(NC(=O)c2ccccc2F)c1)C(=O)Nc1scc(-c2ccccc2)c1C#N. The highest BCUT2D eigenvalue weighted by Gasteiger charge is 2.20. The predicted octanol–water partition coefficient (Wildman–Crippen LogP) is 6.80. The molecular weight excluding hydrogens is 481 g/mol. The number of hydrogen-bond acceptors (Lipinski definition) is 5. The third kappa shape index (κ3) is 5.77. The van der Waals surface area contributed by atoms with Crippen LogP contribution in [0.2, 0.25) is 0 Å². The molecule has 1 unspecified atom stereocenters. The Bertz CT molecular complexity index is 1410. The van der Waals surface area contributed by atoms with E-state index in [1.54, 1.807) is 31.2 Å². The molecule has 35 heavy (non-hydrogen) atoms. The van der Waals surface area contributed by atoms with Gasteiger partial charge in [-0.05, 0) is 42.8 Å². The van der Waals surface area contributed by atoms with E-state index < -0.39 is 17.0 Å². The number of carbonyl (C=O) groups excluding carboxylic acids is 2. The minimum atomic E-state index is -0.596. The summed E-state index contributed by atoms with van der Waals surface area (Å²) >= 11 is 2.63. The van der Waals surface area contributed by atoms with Gasteiger partial charge in [0.1, 0.15) is 16.9 Å². The van der Waals surface area contributed by atoms with Gasteiger partial charge < -0.3 is 10.6 Å². The third-order valence-corrected chi connectivity index (χ3v) is 7.11. The molecule has 5 nitrogen and oxygen atoms in total. The van der Waals surface area contributed by atoms with Crippen LogP contribution in [0.1, 0.15) is 22.8 Å². The maximum Gasteiger partial charge on any atom is 0.258 e. The van der Waals surface area contributed by atoms with E-state index in [0.29, 0.717) is 16.3 Å². The number of nitrogens with one attached hydrogen (secondary N) is 2. The molecule has 8 heteroatoms. The molecule has 174 valence electrons. The van der Waals surface area contributed by atoms with Gasteiger partial charge in [-0.3, -0.25) is 9.59 Å². The van der Waals surface area contributed by atoms with Crippen LogP contribution >= 0.6 is 23.1 Å². The van der Waals surface area contributed by atoms with Crippen molar-refractivity contribution in [3.8, 4) is 17.2 Å². The van der Waals surface area contributed by atoms with E-state index in [9.17, 15) is 19.2 Å². The number of carbonyl (C=O) groups is 2. The first-order valence-electron chi connectivity index (χ1n) is 10.7. The number of nitrogens with zero attached hydrogens (tertiary/aromatic N) is 1. The number of rotatable bonds is 7. The lowest BCUT2D eigenvalue weighted by atomic mass is 10.1. The fraction of sp³-hybridized carbons (Fsp3) is 0.0741. The number of thioether (sulfide) groups is 1. The van der Waals surface area contributed by atoms with Crippen molar-refractivity contribution >= 4 is 45.6 Å². The van der Waals surface area contributed by atoms with E-state index in [1.807, 2.05) is 41.8 Å². The lowest BCUT2D eigenvalue weighted by Crippen LogP contribution is -2.22. The van der Waals surface area contributed by atoms with Crippen LogP contribution in [0, 0.1) is 17.1 Å². The summed E-state index contributed by atoms with van der Waals surface area (Å²) in [5.41, 5.74) is 2.58. The first-order valence-corrected chi connectivity index (χ1v) is 12.4. The molecular formula is C27H20FN3O2S2. The summed E-state index contributed by atoms with van der Waals surface area (Å²) in [5, 5.41) is 17.1. The number of nitriles is 1. The molecule has 1 aromatic heterocycles.